The summed E-state index contributed by atoms with van der Waals surface area (Å²) in [6.07, 6.45) is 2.91. The summed E-state index contributed by atoms with van der Waals surface area (Å²) in [4.78, 5) is 15.2. The summed E-state index contributed by atoms with van der Waals surface area (Å²) in [5, 5.41) is 7.28. The van der Waals surface area contributed by atoms with Crippen LogP contribution in [0.1, 0.15) is 17.5 Å². The molecule has 4 heterocycles. The van der Waals surface area contributed by atoms with Gasteiger partial charge >= 0.3 is 0 Å². The highest BCUT2D eigenvalue weighted by atomic mass is 32.1. The number of fused-ring (bicyclic) bond motifs is 9. The average molecular weight is 789 g/mol. The molecule has 0 saturated carbocycles. The smallest absolute Gasteiger partial charge is 0.164 e. The van der Waals surface area contributed by atoms with E-state index in [9.17, 15) is 0 Å². The van der Waals surface area contributed by atoms with Gasteiger partial charge < -0.3 is 8.98 Å². The van der Waals surface area contributed by atoms with E-state index in [0.717, 1.165) is 63.6 Å². The van der Waals surface area contributed by atoms with Gasteiger partial charge in [0.25, 0.3) is 0 Å². The normalized spacial score (nSPS) is 11.9. The molecule has 0 radical (unpaired) electrons. The Hall–Kier alpha value is -7.41. The van der Waals surface area contributed by atoms with Gasteiger partial charge in [-0.25, -0.2) is 15.0 Å². The van der Waals surface area contributed by atoms with Crippen LogP contribution in [0.2, 0.25) is 0 Å². The number of hydrogen-bond acceptors (Lipinski definition) is 5. The molecule has 4 aromatic heterocycles. The molecule has 0 atom stereocenters. The van der Waals surface area contributed by atoms with Crippen molar-refractivity contribution < 1.29 is 4.42 Å². The van der Waals surface area contributed by atoms with Crippen molar-refractivity contribution >= 4 is 75.3 Å². The zero-order valence-corrected chi connectivity index (χ0v) is 33.4. The SMILES string of the molecule is c1ccc(-c2nc(-c3ccccc3)nc(-c3cccc4sc5cccc(CCCc6ccc7oc8c(-n9c%10ccccc%10c%10ccccc%109)cccc8c7c6)c5c34)n2)cc1. The zero-order valence-electron chi connectivity index (χ0n) is 32.5. The number of rotatable bonds is 8. The topological polar surface area (TPSA) is 56.7 Å². The number of furan rings is 1. The second-order valence-electron chi connectivity index (χ2n) is 15.4. The lowest BCUT2D eigenvalue weighted by Crippen LogP contribution is -2.00. The first-order valence-corrected chi connectivity index (χ1v) is 21.3. The van der Waals surface area contributed by atoms with Gasteiger partial charge in [0.1, 0.15) is 5.58 Å². The van der Waals surface area contributed by atoms with E-state index in [1.807, 2.05) is 47.7 Å². The van der Waals surface area contributed by atoms with Crippen LogP contribution in [0.25, 0.3) is 104 Å². The third-order valence-corrected chi connectivity index (χ3v) is 12.9. The van der Waals surface area contributed by atoms with Crippen molar-refractivity contribution in [2.75, 3.05) is 0 Å². The van der Waals surface area contributed by atoms with Crippen LogP contribution in [0.3, 0.4) is 0 Å². The molecule has 0 spiro atoms. The third-order valence-electron chi connectivity index (χ3n) is 11.8. The number of aromatic nitrogens is 4. The summed E-state index contributed by atoms with van der Waals surface area (Å²) in [7, 11) is 0. The summed E-state index contributed by atoms with van der Waals surface area (Å²) in [6, 6.07) is 64.2. The fraction of sp³-hybridized carbons (Fsp3) is 0.0556. The van der Waals surface area contributed by atoms with E-state index >= 15 is 0 Å². The van der Waals surface area contributed by atoms with E-state index in [4.69, 9.17) is 19.4 Å². The van der Waals surface area contributed by atoms with Gasteiger partial charge in [-0.2, -0.15) is 0 Å². The van der Waals surface area contributed by atoms with Gasteiger partial charge in [0, 0.05) is 58.4 Å². The predicted octanol–water partition coefficient (Wildman–Crippen LogP) is 14.4. The number of para-hydroxylation sites is 3. The second kappa shape index (κ2) is 14.2. The molecule has 60 heavy (non-hydrogen) atoms. The Labute approximate surface area is 349 Å². The Kier molecular flexibility index (Phi) is 8.16. The lowest BCUT2D eigenvalue weighted by molar-refractivity contribution is 0.666. The first kappa shape index (κ1) is 34.6. The fourth-order valence-corrected chi connectivity index (χ4v) is 10.3. The van der Waals surface area contributed by atoms with Crippen molar-refractivity contribution in [2.24, 2.45) is 0 Å². The van der Waals surface area contributed by atoms with Gasteiger partial charge in [-0.3, -0.25) is 0 Å². The number of hydrogen-bond donors (Lipinski definition) is 0. The number of benzene rings is 8. The van der Waals surface area contributed by atoms with Gasteiger partial charge in [0.05, 0.1) is 16.7 Å². The number of nitrogens with zero attached hydrogens (tertiary/aromatic N) is 4. The molecule has 8 aromatic carbocycles. The quantitative estimate of drug-likeness (QED) is 0.154. The van der Waals surface area contributed by atoms with E-state index < -0.39 is 0 Å². The molecule has 12 rings (SSSR count). The molecule has 0 amide bonds. The molecular formula is C54H36N4OS. The van der Waals surface area contributed by atoms with Crippen LogP contribution in [0.5, 0.6) is 0 Å². The van der Waals surface area contributed by atoms with Crippen molar-refractivity contribution in [1.29, 1.82) is 0 Å². The van der Waals surface area contributed by atoms with Crippen LogP contribution in [-0.4, -0.2) is 19.5 Å². The van der Waals surface area contributed by atoms with E-state index in [1.54, 1.807) is 0 Å². The average Bonchev–Trinajstić information content (AvgIpc) is 3.99. The molecule has 5 nitrogen and oxygen atoms in total. The molecule has 0 aliphatic heterocycles. The highest BCUT2D eigenvalue weighted by Crippen LogP contribution is 2.42. The largest absolute Gasteiger partial charge is 0.454 e. The number of thiophene rings is 1. The van der Waals surface area contributed by atoms with Crippen molar-refractivity contribution in [2.45, 2.75) is 19.3 Å². The Morgan fingerprint density at radius 2 is 1.07 bits per heavy atom. The molecule has 0 N–H and O–H groups in total. The maximum absolute atomic E-state index is 6.69. The monoisotopic (exact) mass is 788 g/mol. The summed E-state index contributed by atoms with van der Waals surface area (Å²) >= 11 is 1.84. The minimum absolute atomic E-state index is 0.668. The van der Waals surface area contributed by atoms with Crippen LogP contribution < -0.4 is 0 Å². The van der Waals surface area contributed by atoms with Gasteiger partial charge in [0.15, 0.2) is 23.1 Å². The zero-order chi connectivity index (χ0) is 39.6. The first-order chi connectivity index (χ1) is 29.7. The molecule has 12 aromatic rings. The Bertz CT molecular complexity index is 3470. The third kappa shape index (κ3) is 5.71. The van der Waals surface area contributed by atoms with Gasteiger partial charge in [-0.1, -0.05) is 140 Å². The summed E-state index contributed by atoms with van der Waals surface area (Å²) in [6.45, 7) is 0. The highest BCUT2D eigenvalue weighted by molar-refractivity contribution is 7.26. The van der Waals surface area contributed by atoms with Crippen molar-refractivity contribution in [1.82, 2.24) is 19.5 Å². The second-order valence-corrected chi connectivity index (χ2v) is 16.5. The van der Waals surface area contributed by atoms with Crippen molar-refractivity contribution in [3.05, 3.63) is 193 Å². The van der Waals surface area contributed by atoms with Crippen LogP contribution in [0.15, 0.2) is 186 Å². The molecule has 6 heteroatoms. The van der Waals surface area contributed by atoms with Gasteiger partial charge in [-0.05, 0) is 72.9 Å². The van der Waals surface area contributed by atoms with E-state index in [0.29, 0.717) is 17.5 Å². The Morgan fingerprint density at radius 1 is 0.467 bits per heavy atom. The minimum Gasteiger partial charge on any atom is -0.454 e. The van der Waals surface area contributed by atoms with Crippen molar-refractivity contribution in [3.8, 4) is 39.9 Å². The van der Waals surface area contributed by atoms with Gasteiger partial charge in [0.2, 0.25) is 0 Å². The van der Waals surface area contributed by atoms with E-state index in [-0.39, 0.29) is 0 Å². The number of aryl methyl sites for hydroxylation is 2. The highest BCUT2D eigenvalue weighted by Gasteiger charge is 2.20. The lowest BCUT2D eigenvalue weighted by atomic mass is 9.97. The van der Waals surface area contributed by atoms with Crippen LogP contribution in [0, 0.1) is 0 Å². The summed E-state index contributed by atoms with van der Waals surface area (Å²) < 4.78 is 11.6. The van der Waals surface area contributed by atoms with Crippen molar-refractivity contribution in [3.63, 3.8) is 0 Å². The summed E-state index contributed by atoms with van der Waals surface area (Å²) in [5.41, 5.74) is 10.8. The molecule has 0 bridgehead atoms. The fourth-order valence-electron chi connectivity index (χ4n) is 9.09. The van der Waals surface area contributed by atoms with Crippen LogP contribution >= 0.6 is 11.3 Å². The molecule has 0 unspecified atom stereocenters. The standard InChI is InChI=1S/C54H36N4OS/c1-3-16-36(17-4-1)52-55-53(37-18-5-2-6-19-37)57-54(56-52)41-25-14-30-48-50(41)49-35(21-12-29-47(49)60-48)20-11-15-34-31-32-46-42(33-34)40-24-13-28-45(51(40)59-46)58-43-26-9-7-22-38(43)39-23-8-10-27-44(39)58/h1-10,12-14,16-19,21-33H,11,15,20H2. The molecule has 0 aliphatic rings. The lowest BCUT2D eigenvalue weighted by Gasteiger charge is -2.10. The van der Waals surface area contributed by atoms with Crippen LogP contribution in [0.4, 0.5) is 0 Å². The maximum atomic E-state index is 6.69. The van der Waals surface area contributed by atoms with E-state index in [2.05, 4.69) is 150 Å². The predicted molar refractivity (Wildman–Crippen MR) is 249 cm³/mol. The molecule has 284 valence electrons. The minimum atomic E-state index is 0.668. The van der Waals surface area contributed by atoms with E-state index in [1.165, 1.54) is 53.1 Å². The molecule has 0 aliphatic carbocycles. The first-order valence-electron chi connectivity index (χ1n) is 20.5. The van der Waals surface area contributed by atoms with Gasteiger partial charge in [-0.15, -0.1) is 11.3 Å². The molecule has 0 fully saturated rings. The molecule has 0 saturated heterocycles. The summed E-state index contributed by atoms with van der Waals surface area (Å²) in [5.74, 6) is 2.02. The van der Waals surface area contributed by atoms with Crippen LogP contribution in [-0.2, 0) is 12.8 Å². The Morgan fingerprint density at radius 3 is 1.78 bits per heavy atom. The maximum Gasteiger partial charge on any atom is 0.164 e. The molecular weight excluding hydrogens is 753 g/mol. The Balaban J connectivity index is 0.899.